The lowest BCUT2D eigenvalue weighted by molar-refractivity contribution is -0.132. The third-order valence-corrected chi connectivity index (χ3v) is 5.13. The molecular formula is C23H26N2O5. The van der Waals surface area contributed by atoms with E-state index in [9.17, 15) is 4.79 Å². The summed E-state index contributed by atoms with van der Waals surface area (Å²) in [6.07, 6.45) is 1.05. The smallest absolute Gasteiger partial charge is 0.360 e. The number of rotatable bonds is 9. The third kappa shape index (κ3) is 4.97. The maximum Gasteiger partial charge on any atom is 0.360 e. The standard InChI is InChI=1S/C23H26N2O5/c1-15(20-13-21(20)16-9-11-18(27-2)12-10-16)24-30-14-17-7-5-6-8-19(17)22(25-29-4)23(26)28-3/h5-12,20-21H,13-14H2,1-4H3/b24-15+,25-22-. The number of methoxy groups -OCH3 is 2. The average Bonchev–Trinajstić information content (AvgIpc) is 3.58. The van der Waals surface area contributed by atoms with Crippen molar-refractivity contribution in [3.05, 3.63) is 65.2 Å². The van der Waals surface area contributed by atoms with E-state index in [0.717, 1.165) is 23.4 Å². The number of hydrogen-bond acceptors (Lipinski definition) is 7. The van der Waals surface area contributed by atoms with Crippen LogP contribution in [-0.4, -0.2) is 38.7 Å². The van der Waals surface area contributed by atoms with Crippen molar-refractivity contribution in [1.29, 1.82) is 0 Å². The van der Waals surface area contributed by atoms with Gasteiger partial charge in [0.2, 0.25) is 0 Å². The first kappa shape index (κ1) is 21.4. The molecule has 1 saturated carbocycles. The van der Waals surface area contributed by atoms with Gasteiger partial charge in [0.1, 0.15) is 19.5 Å². The Balaban J connectivity index is 1.64. The molecule has 0 saturated heterocycles. The van der Waals surface area contributed by atoms with Crippen LogP contribution in [0.3, 0.4) is 0 Å². The molecule has 7 heteroatoms. The molecule has 0 radical (unpaired) electrons. The van der Waals surface area contributed by atoms with E-state index in [4.69, 9.17) is 19.1 Å². The molecule has 1 aliphatic rings. The topological polar surface area (TPSA) is 78.7 Å². The normalized spacial score (nSPS) is 18.5. The number of carbonyl (C=O) groups is 1. The van der Waals surface area contributed by atoms with Crippen LogP contribution >= 0.6 is 0 Å². The Morgan fingerprint density at radius 2 is 1.77 bits per heavy atom. The van der Waals surface area contributed by atoms with Gasteiger partial charge < -0.3 is 19.1 Å². The van der Waals surface area contributed by atoms with Gasteiger partial charge >= 0.3 is 5.97 Å². The summed E-state index contributed by atoms with van der Waals surface area (Å²) >= 11 is 0. The molecule has 3 rings (SSSR count). The molecule has 7 nitrogen and oxygen atoms in total. The highest BCUT2D eigenvalue weighted by atomic mass is 16.6. The van der Waals surface area contributed by atoms with Gasteiger partial charge in [-0.3, -0.25) is 0 Å². The second-order valence-corrected chi connectivity index (χ2v) is 7.00. The van der Waals surface area contributed by atoms with Gasteiger partial charge in [-0.1, -0.05) is 46.7 Å². The monoisotopic (exact) mass is 410 g/mol. The first-order valence-electron chi connectivity index (χ1n) is 9.67. The molecule has 0 aromatic heterocycles. The molecule has 2 unspecified atom stereocenters. The Bertz CT molecular complexity index is 937. The van der Waals surface area contributed by atoms with Crippen LogP contribution in [0.5, 0.6) is 5.75 Å². The summed E-state index contributed by atoms with van der Waals surface area (Å²) in [6, 6.07) is 15.4. The summed E-state index contributed by atoms with van der Waals surface area (Å²) < 4.78 is 10.0. The Morgan fingerprint density at radius 3 is 2.43 bits per heavy atom. The predicted molar refractivity (Wildman–Crippen MR) is 114 cm³/mol. The lowest BCUT2D eigenvalue weighted by atomic mass is 10.0. The molecule has 0 aliphatic heterocycles. The SMILES string of the molecule is CO/N=C(\C(=O)OC)c1ccccc1CO/N=C(\C)C1CC1c1ccc(OC)cc1. The van der Waals surface area contributed by atoms with E-state index in [-0.39, 0.29) is 12.3 Å². The fraction of sp³-hybridized carbons (Fsp3) is 0.348. The van der Waals surface area contributed by atoms with Gasteiger partial charge in [0, 0.05) is 17.0 Å². The van der Waals surface area contributed by atoms with Crippen molar-refractivity contribution in [2.75, 3.05) is 21.3 Å². The van der Waals surface area contributed by atoms with Gasteiger partial charge in [-0.05, 0) is 37.0 Å². The molecule has 0 heterocycles. The second-order valence-electron chi connectivity index (χ2n) is 7.00. The highest BCUT2D eigenvalue weighted by Crippen LogP contribution is 2.48. The van der Waals surface area contributed by atoms with E-state index in [1.165, 1.54) is 19.8 Å². The van der Waals surface area contributed by atoms with Crippen LogP contribution in [0.1, 0.15) is 36.0 Å². The third-order valence-electron chi connectivity index (χ3n) is 5.13. The molecule has 2 atom stereocenters. The van der Waals surface area contributed by atoms with Crippen LogP contribution in [0.25, 0.3) is 0 Å². The first-order chi connectivity index (χ1) is 14.6. The van der Waals surface area contributed by atoms with E-state index in [1.54, 1.807) is 13.2 Å². The lowest BCUT2D eigenvalue weighted by Crippen LogP contribution is -2.19. The summed E-state index contributed by atoms with van der Waals surface area (Å²) in [5, 5.41) is 8.11. The molecule has 1 fully saturated rings. The number of hydrogen-bond donors (Lipinski definition) is 0. The Morgan fingerprint density at radius 1 is 1.03 bits per heavy atom. The van der Waals surface area contributed by atoms with Crippen LogP contribution in [0.15, 0.2) is 58.8 Å². The molecule has 0 amide bonds. The second kappa shape index (κ2) is 9.91. The minimum Gasteiger partial charge on any atom is -0.497 e. The summed E-state index contributed by atoms with van der Waals surface area (Å²) in [7, 11) is 4.34. The molecule has 2 aromatic rings. The Labute approximate surface area is 176 Å². The molecule has 0 bridgehead atoms. The Kier molecular flexibility index (Phi) is 7.06. The van der Waals surface area contributed by atoms with Crippen LogP contribution in [-0.2, 0) is 25.8 Å². The maximum absolute atomic E-state index is 12.0. The molecule has 2 aromatic carbocycles. The molecule has 0 N–H and O–H groups in total. The van der Waals surface area contributed by atoms with Crippen molar-refractivity contribution in [3.63, 3.8) is 0 Å². The van der Waals surface area contributed by atoms with Gasteiger partial charge in [-0.15, -0.1) is 0 Å². The predicted octanol–water partition coefficient (Wildman–Crippen LogP) is 3.91. The zero-order valence-corrected chi connectivity index (χ0v) is 17.6. The van der Waals surface area contributed by atoms with Crippen LogP contribution in [0.4, 0.5) is 0 Å². The first-order valence-corrected chi connectivity index (χ1v) is 9.67. The van der Waals surface area contributed by atoms with Gasteiger partial charge in [0.05, 0.1) is 19.9 Å². The zero-order valence-electron chi connectivity index (χ0n) is 17.6. The number of nitrogens with zero attached hydrogens (tertiary/aromatic N) is 2. The summed E-state index contributed by atoms with van der Waals surface area (Å²) in [5.74, 6) is 1.10. The highest BCUT2D eigenvalue weighted by molar-refractivity contribution is 6.43. The van der Waals surface area contributed by atoms with Crippen LogP contribution in [0, 0.1) is 5.92 Å². The van der Waals surface area contributed by atoms with Crippen molar-refractivity contribution in [1.82, 2.24) is 0 Å². The van der Waals surface area contributed by atoms with Crippen LogP contribution in [0.2, 0.25) is 0 Å². The molecule has 30 heavy (non-hydrogen) atoms. The highest BCUT2D eigenvalue weighted by Gasteiger charge is 2.40. The van der Waals surface area contributed by atoms with E-state index in [0.29, 0.717) is 17.4 Å². The fourth-order valence-corrected chi connectivity index (χ4v) is 3.41. The van der Waals surface area contributed by atoms with E-state index >= 15 is 0 Å². The van der Waals surface area contributed by atoms with Crippen molar-refractivity contribution >= 4 is 17.4 Å². The summed E-state index contributed by atoms with van der Waals surface area (Å²) in [5.41, 5.74) is 3.66. The number of benzene rings is 2. The average molecular weight is 410 g/mol. The Hall–Kier alpha value is -3.35. The fourth-order valence-electron chi connectivity index (χ4n) is 3.41. The number of ether oxygens (including phenoxy) is 2. The molecule has 1 aliphatic carbocycles. The van der Waals surface area contributed by atoms with E-state index in [1.807, 2.05) is 37.3 Å². The van der Waals surface area contributed by atoms with Gasteiger partial charge in [-0.2, -0.15) is 0 Å². The van der Waals surface area contributed by atoms with Crippen molar-refractivity contribution in [3.8, 4) is 5.75 Å². The van der Waals surface area contributed by atoms with Crippen molar-refractivity contribution < 1.29 is 23.9 Å². The van der Waals surface area contributed by atoms with E-state index in [2.05, 4.69) is 22.4 Å². The van der Waals surface area contributed by atoms with Crippen molar-refractivity contribution in [2.24, 2.45) is 16.2 Å². The van der Waals surface area contributed by atoms with Gasteiger partial charge in [0.15, 0.2) is 5.71 Å². The number of oxime groups is 2. The van der Waals surface area contributed by atoms with Gasteiger partial charge in [0.25, 0.3) is 0 Å². The summed E-state index contributed by atoms with van der Waals surface area (Å²) in [4.78, 5) is 22.4. The quantitative estimate of drug-likeness (QED) is 0.356. The lowest BCUT2D eigenvalue weighted by Gasteiger charge is -2.10. The molecule has 0 spiro atoms. The minimum absolute atomic E-state index is 0.0849. The summed E-state index contributed by atoms with van der Waals surface area (Å²) in [6.45, 7) is 2.18. The van der Waals surface area contributed by atoms with Crippen molar-refractivity contribution in [2.45, 2.75) is 25.9 Å². The molecular weight excluding hydrogens is 384 g/mol. The van der Waals surface area contributed by atoms with Crippen LogP contribution < -0.4 is 4.74 Å². The van der Waals surface area contributed by atoms with E-state index < -0.39 is 5.97 Å². The van der Waals surface area contributed by atoms with Gasteiger partial charge in [-0.25, -0.2) is 4.79 Å². The number of carbonyl (C=O) groups excluding carboxylic acids is 1. The zero-order chi connectivity index (χ0) is 21.5. The minimum atomic E-state index is -0.579. The molecule has 158 valence electrons. The largest absolute Gasteiger partial charge is 0.497 e. The number of esters is 1. The maximum atomic E-state index is 12.0.